The Morgan fingerprint density at radius 3 is 2.95 bits per heavy atom. The zero-order valence-corrected chi connectivity index (χ0v) is 12.3. The predicted molar refractivity (Wildman–Crippen MR) is 82.4 cm³/mol. The van der Waals surface area contributed by atoms with Gasteiger partial charge in [-0.25, -0.2) is 0 Å². The first-order chi connectivity index (χ1) is 9.28. The molecule has 1 aromatic carbocycles. The van der Waals surface area contributed by atoms with E-state index in [9.17, 15) is 5.26 Å². The molecular weight excluding hydrogens is 322 g/mol. The lowest BCUT2D eigenvalue weighted by Crippen LogP contribution is -1.99. The fourth-order valence-electron chi connectivity index (χ4n) is 2.01. The van der Waals surface area contributed by atoms with E-state index in [1.54, 1.807) is 11.3 Å². The van der Waals surface area contributed by atoms with E-state index in [0.717, 1.165) is 21.2 Å². The summed E-state index contributed by atoms with van der Waals surface area (Å²) in [7, 11) is 0. The lowest BCUT2D eigenvalue weighted by molar-refractivity contribution is 1.16. The van der Waals surface area contributed by atoms with Crippen LogP contribution in [0.25, 0.3) is 10.9 Å². The molecule has 0 unspecified atom stereocenters. The number of anilines is 1. The van der Waals surface area contributed by atoms with Crippen LogP contribution in [-0.4, -0.2) is 4.98 Å². The lowest BCUT2D eigenvalue weighted by Gasteiger charge is -2.02. The van der Waals surface area contributed by atoms with Gasteiger partial charge in [-0.3, -0.25) is 0 Å². The van der Waals surface area contributed by atoms with Gasteiger partial charge in [0.1, 0.15) is 17.5 Å². The van der Waals surface area contributed by atoms with Crippen molar-refractivity contribution in [3.63, 3.8) is 0 Å². The normalized spacial score (nSPS) is 10.5. The molecule has 2 heterocycles. The maximum Gasteiger partial charge on any atom is 0.122 e. The highest BCUT2D eigenvalue weighted by Gasteiger charge is 2.10. The van der Waals surface area contributed by atoms with Gasteiger partial charge in [-0.15, -0.1) is 11.3 Å². The average molecular weight is 332 g/mol. The van der Waals surface area contributed by atoms with Gasteiger partial charge >= 0.3 is 0 Å². The number of benzene rings is 1. The molecular formula is C14H10BrN3S. The summed E-state index contributed by atoms with van der Waals surface area (Å²) in [5.74, 6) is 0.785. The molecule has 0 radical (unpaired) electrons. The second kappa shape index (κ2) is 5.08. The minimum absolute atomic E-state index is 0.672. The third-order valence-corrected chi connectivity index (χ3v) is 4.58. The number of hydrogen-bond acceptors (Lipinski definition) is 3. The SMILES string of the molecule is N#Cc1c(NCc2cc(Br)cs2)[nH]c2ccccc12. The van der Waals surface area contributed by atoms with Crippen LogP contribution in [0.1, 0.15) is 10.4 Å². The average Bonchev–Trinajstić information content (AvgIpc) is 2.99. The second-order valence-electron chi connectivity index (χ2n) is 4.12. The molecule has 2 aromatic heterocycles. The fraction of sp³-hybridized carbons (Fsp3) is 0.0714. The van der Waals surface area contributed by atoms with Crippen molar-refractivity contribution >= 4 is 44.0 Å². The number of aromatic nitrogens is 1. The number of nitriles is 1. The lowest BCUT2D eigenvalue weighted by atomic mass is 10.2. The van der Waals surface area contributed by atoms with Gasteiger partial charge in [-0.1, -0.05) is 18.2 Å². The van der Waals surface area contributed by atoms with Gasteiger partial charge in [-0.05, 0) is 28.1 Å². The first kappa shape index (κ1) is 12.3. The fourth-order valence-corrected chi connectivity index (χ4v) is 3.40. The molecule has 0 spiro atoms. The van der Waals surface area contributed by atoms with Crippen LogP contribution in [0.4, 0.5) is 5.82 Å². The highest BCUT2D eigenvalue weighted by molar-refractivity contribution is 9.10. The Bertz CT molecular complexity index is 766. The topological polar surface area (TPSA) is 51.6 Å². The van der Waals surface area contributed by atoms with E-state index in [-0.39, 0.29) is 0 Å². The Kier molecular flexibility index (Phi) is 3.28. The van der Waals surface area contributed by atoms with E-state index >= 15 is 0 Å². The first-order valence-electron chi connectivity index (χ1n) is 5.75. The predicted octanol–water partition coefficient (Wildman–Crippen LogP) is 4.48. The molecule has 0 saturated heterocycles. The summed E-state index contributed by atoms with van der Waals surface area (Å²) < 4.78 is 1.09. The molecule has 0 fully saturated rings. The summed E-state index contributed by atoms with van der Waals surface area (Å²) in [6.45, 7) is 0.706. The second-order valence-corrected chi connectivity index (χ2v) is 6.03. The zero-order chi connectivity index (χ0) is 13.2. The molecule has 0 bridgehead atoms. The van der Waals surface area contributed by atoms with Gasteiger partial charge in [0.25, 0.3) is 0 Å². The number of rotatable bonds is 3. The molecule has 0 aliphatic rings. The van der Waals surface area contributed by atoms with Crippen molar-refractivity contribution in [1.29, 1.82) is 5.26 Å². The molecule has 3 nitrogen and oxygen atoms in total. The molecule has 0 aliphatic heterocycles. The van der Waals surface area contributed by atoms with E-state index in [1.165, 1.54) is 4.88 Å². The minimum atomic E-state index is 0.672. The summed E-state index contributed by atoms with van der Waals surface area (Å²) in [6.07, 6.45) is 0. The standard InChI is InChI=1S/C14H10BrN3S/c15-9-5-10(19-8-9)7-17-14-12(6-16)11-3-1-2-4-13(11)18-14/h1-5,8,17-18H,7H2. The van der Waals surface area contributed by atoms with Crippen LogP contribution >= 0.6 is 27.3 Å². The number of nitrogens with one attached hydrogen (secondary N) is 2. The van der Waals surface area contributed by atoms with E-state index < -0.39 is 0 Å². The molecule has 5 heteroatoms. The molecule has 19 heavy (non-hydrogen) atoms. The number of nitrogens with zero attached hydrogens (tertiary/aromatic N) is 1. The van der Waals surface area contributed by atoms with Crippen LogP contribution in [-0.2, 0) is 6.54 Å². The van der Waals surface area contributed by atoms with Crippen molar-refractivity contribution in [2.45, 2.75) is 6.54 Å². The largest absolute Gasteiger partial charge is 0.366 e. The van der Waals surface area contributed by atoms with Gasteiger partial charge in [-0.2, -0.15) is 5.26 Å². The number of H-pyrrole nitrogens is 1. The van der Waals surface area contributed by atoms with Crippen LogP contribution < -0.4 is 5.32 Å². The summed E-state index contributed by atoms with van der Waals surface area (Å²) >= 11 is 5.12. The summed E-state index contributed by atoms with van der Waals surface area (Å²) in [5, 5.41) is 15.6. The Hall–Kier alpha value is -1.77. The highest BCUT2D eigenvalue weighted by atomic mass is 79.9. The Balaban J connectivity index is 1.90. The Labute approximate surface area is 123 Å². The van der Waals surface area contributed by atoms with Crippen LogP contribution in [0.5, 0.6) is 0 Å². The van der Waals surface area contributed by atoms with Crippen molar-refractivity contribution in [1.82, 2.24) is 4.98 Å². The van der Waals surface area contributed by atoms with Crippen molar-refractivity contribution in [3.05, 3.63) is 50.6 Å². The summed E-state index contributed by atoms with van der Waals surface area (Å²) in [6, 6.07) is 12.2. The van der Waals surface area contributed by atoms with E-state index in [0.29, 0.717) is 12.1 Å². The smallest absolute Gasteiger partial charge is 0.122 e. The Morgan fingerprint density at radius 1 is 1.37 bits per heavy atom. The monoisotopic (exact) mass is 331 g/mol. The van der Waals surface area contributed by atoms with Crippen LogP contribution in [0, 0.1) is 11.3 Å². The maximum atomic E-state index is 9.29. The molecule has 3 rings (SSSR count). The summed E-state index contributed by atoms with van der Waals surface area (Å²) in [5.41, 5.74) is 1.65. The first-order valence-corrected chi connectivity index (χ1v) is 7.43. The number of thiophene rings is 1. The van der Waals surface area contributed by atoms with Gasteiger partial charge in [0.05, 0.1) is 6.54 Å². The molecule has 94 valence electrons. The van der Waals surface area contributed by atoms with Crippen LogP contribution in [0.3, 0.4) is 0 Å². The number of hydrogen-bond donors (Lipinski definition) is 2. The van der Waals surface area contributed by atoms with Crippen LogP contribution in [0.15, 0.2) is 40.2 Å². The minimum Gasteiger partial charge on any atom is -0.366 e. The van der Waals surface area contributed by atoms with Crippen molar-refractivity contribution in [2.24, 2.45) is 0 Å². The number of halogens is 1. The van der Waals surface area contributed by atoms with E-state index in [1.807, 2.05) is 29.6 Å². The van der Waals surface area contributed by atoms with Gasteiger partial charge in [0, 0.05) is 25.6 Å². The molecule has 0 atom stereocenters. The van der Waals surface area contributed by atoms with Crippen molar-refractivity contribution in [3.8, 4) is 6.07 Å². The molecule has 2 N–H and O–H groups in total. The van der Waals surface area contributed by atoms with E-state index in [4.69, 9.17) is 0 Å². The van der Waals surface area contributed by atoms with Crippen LogP contribution in [0.2, 0.25) is 0 Å². The van der Waals surface area contributed by atoms with Gasteiger partial charge in [0.2, 0.25) is 0 Å². The molecule has 0 aliphatic carbocycles. The van der Waals surface area contributed by atoms with Gasteiger partial charge in [0.15, 0.2) is 0 Å². The van der Waals surface area contributed by atoms with Crippen molar-refractivity contribution < 1.29 is 0 Å². The number of fused-ring (bicyclic) bond motifs is 1. The number of para-hydroxylation sites is 1. The van der Waals surface area contributed by atoms with Crippen molar-refractivity contribution in [2.75, 3.05) is 5.32 Å². The third-order valence-electron chi connectivity index (χ3n) is 2.88. The zero-order valence-electron chi connectivity index (χ0n) is 9.90. The summed E-state index contributed by atoms with van der Waals surface area (Å²) in [4.78, 5) is 4.47. The molecule has 0 amide bonds. The Morgan fingerprint density at radius 2 is 2.21 bits per heavy atom. The highest BCUT2D eigenvalue weighted by Crippen LogP contribution is 2.26. The number of aromatic amines is 1. The third kappa shape index (κ3) is 2.37. The quantitative estimate of drug-likeness (QED) is 0.743. The maximum absolute atomic E-state index is 9.29. The van der Waals surface area contributed by atoms with E-state index in [2.05, 4.69) is 38.4 Å². The van der Waals surface area contributed by atoms with Gasteiger partial charge < -0.3 is 10.3 Å². The molecule has 3 aromatic rings. The molecule has 0 saturated carbocycles.